The summed E-state index contributed by atoms with van der Waals surface area (Å²) in [5.41, 5.74) is -0.0521. The van der Waals surface area contributed by atoms with E-state index in [1.165, 1.54) is 23.8 Å². The summed E-state index contributed by atoms with van der Waals surface area (Å²) < 4.78 is 5.79. The van der Waals surface area contributed by atoms with Crippen LogP contribution in [0.5, 0.6) is 0 Å². The molecule has 16 heavy (non-hydrogen) atoms. The van der Waals surface area contributed by atoms with E-state index in [4.69, 9.17) is 5.11 Å². The van der Waals surface area contributed by atoms with Crippen molar-refractivity contribution in [2.45, 2.75) is 6.61 Å². The standard InChI is InChI=1S/C9H8N2O4S/c1-15-8(14)6-3-11-7(13)2-5(4-12)10-9(11)16-6/h2-3,12H,4H2,1H3. The Morgan fingerprint density at radius 3 is 3.06 bits per heavy atom. The highest BCUT2D eigenvalue weighted by molar-refractivity contribution is 7.18. The third-order valence-electron chi connectivity index (χ3n) is 1.97. The highest BCUT2D eigenvalue weighted by atomic mass is 32.1. The summed E-state index contributed by atoms with van der Waals surface area (Å²) in [7, 11) is 1.27. The lowest BCUT2D eigenvalue weighted by Crippen LogP contribution is -2.13. The van der Waals surface area contributed by atoms with Crippen molar-refractivity contribution in [2.24, 2.45) is 0 Å². The number of hydrogen-bond acceptors (Lipinski definition) is 6. The van der Waals surface area contributed by atoms with E-state index in [2.05, 4.69) is 9.72 Å². The van der Waals surface area contributed by atoms with Gasteiger partial charge in [-0.1, -0.05) is 11.3 Å². The normalized spacial score (nSPS) is 10.6. The Hall–Kier alpha value is -1.73. The number of carbonyl (C=O) groups is 1. The van der Waals surface area contributed by atoms with Crippen molar-refractivity contribution < 1.29 is 14.6 Å². The van der Waals surface area contributed by atoms with Crippen LogP contribution in [0, 0.1) is 0 Å². The second-order valence-electron chi connectivity index (χ2n) is 2.98. The molecule has 0 amide bonds. The molecule has 0 aliphatic rings. The monoisotopic (exact) mass is 240 g/mol. The number of aliphatic hydroxyl groups is 1. The Morgan fingerprint density at radius 2 is 2.44 bits per heavy atom. The molecule has 0 bridgehead atoms. The van der Waals surface area contributed by atoms with Gasteiger partial charge >= 0.3 is 5.97 Å². The van der Waals surface area contributed by atoms with Gasteiger partial charge in [0.05, 0.1) is 19.4 Å². The number of hydrogen-bond donors (Lipinski definition) is 1. The van der Waals surface area contributed by atoms with Crippen molar-refractivity contribution in [3.63, 3.8) is 0 Å². The fourth-order valence-corrected chi connectivity index (χ4v) is 2.15. The van der Waals surface area contributed by atoms with Gasteiger partial charge in [0.15, 0.2) is 4.96 Å². The van der Waals surface area contributed by atoms with Gasteiger partial charge < -0.3 is 9.84 Å². The minimum Gasteiger partial charge on any atom is -0.465 e. The van der Waals surface area contributed by atoms with Gasteiger partial charge in [-0.15, -0.1) is 0 Å². The van der Waals surface area contributed by atoms with Crippen molar-refractivity contribution in [1.82, 2.24) is 9.38 Å². The Bertz CT molecular complexity index is 601. The van der Waals surface area contributed by atoms with Crippen LogP contribution in [0.4, 0.5) is 0 Å². The van der Waals surface area contributed by atoms with Crippen LogP contribution in [-0.4, -0.2) is 27.6 Å². The number of rotatable bonds is 2. The van der Waals surface area contributed by atoms with Crippen molar-refractivity contribution in [1.29, 1.82) is 0 Å². The van der Waals surface area contributed by atoms with E-state index >= 15 is 0 Å². The van der Waals surface area contributed by atoms with Gasteiger partial charge in [-0.2, -0.15) is 0 Å². The summed E-state index contributed by atoms with van der Waals surface area (Å²) in [6, 6.07) is 1.22. The minimum absolute atomic E-state index is 0.281. The summed E-state index contributed by atoms with van der Waals surface area (Å²) >= 11 is 1.04. The van der Waals surface area contributed by atoms with Gasteiger partial charge in [0, 0.05) is 12.3 Å². The maximum absolute atomic E-state index is 11.5. The Labute approximate surface area is 93.7 Å². The first kappa shape index (κ1) is 10.8. The number of ether oxygens (including phenoxy) is 1. The fourth-order valence-electron chi connectivity index (χ4n) is 1.22. The molecule has 7 heteroatoms. The van der Waals surface area contributed by atoms with Crippen LogP contribution in [0.15, 0.2) is 17.1 Å². The molecule has 2 aromatic rings. The molecule has 2 aromatic heterocycles. The van der Waals surface area contributed by atoms with Gasteiger partial charge in [0.25, 0.3) is 5.56 Å². The number of esters is 1. The van der Waals surface area contributed by atoms with Crippen molar-refractivity contribution >= 4 is 22.3 Å². The first-order valence-electron chi connectivity index (χ1n) is 4.37. The highest BCUT2D eigenvalue weighted by Crippen LogP contribution is 2.15. The number of aliphatic hydroxyl groups excluding tert-OH is 1. The van der Waals surface area contributed by atoms with Crippen molar-refractivity contribution in [3.05, 3.63) is 33.2 Å². The lowest BCUT2D eigenvalue weighted by Gasteiger charge is -1.94. The Morgan fingerprint density at radius 1 is 1.69 bits per heavy atom. The fraction of sp³-hybridized carbons (Fsp3) is 0.222. The molecule has 0 fully saturated rings. The molecule has 0 radical (unpaired) electrons. The quantitative estimate of drug-likeness (QED) is 0.749. The second-order valence-corrected chi connectivity index (χ2v) is 3.99. The molecule has 0 spiro atoms. The molecule has 0 saturated heterocycles. The van der Waals surface area contributed by atoms with E-state index in [-0.39, 0.29) is 17.9 Å². The smallest absolute Gasteiger partial charge is 0.349 e. The lowest BCUT2D eigenvalue weighted by molar-refractivity contribution is 0.0606. The predicted octanol–water partition coefficient (Wildman–Crippen LogP) is 0.0349. The zero-order chi connectivity index (χ0) is 11.7. The Balaban J connectivity index is 2.66. The molecule has 0 saturated carbocycles. The average molecular weight is 240 g/mol. The van der Waals surface area contributed by atoms with E-state index in [1.807, 2.05) is 0 Å². The van der Waals surface area contributed by atoms with Crippen LogP contribution in [0.1, 0.15) is 15.4 Å². The van der Waals surface area contributed by atoms with Gasteiger partial charge in [-0.05, 0) is 0 Å². The summed E-state index contributed by atoms with van der Waals surface area (Å²) in [5, 5.41) is 8.89. The number of nitrogens with zero attached hydrogens (tertiary/aromatic N) is 2. The van der Waals surface area contributed by atoms with Crippen LogP contribution in [0.25, 0.3) is 4.96 Å². The van der Waals surface area contributed by atoms with E-state index in [0.717, 1.165) is 11.3 Å². The van der Waals surface area contributed by atoms with E-state index in [1.54, 1.807) is 0 Å². The zero-order valence-corrected chi connectivity index (χ0v) is 9.15. The molecular formula is C9H8N2O4S. The lowest BCUT2D eigenvalue weighted by atomic mass is 10.4. The van der Waals surface area contributed by atoms with Gasteiger partial charge in [-0.3, -0.25) is 9.20 Å². The molecule has 0 unspecified atom stereocenters. The van der Waals surface area contributed by atoms with E-state index < -0.39 is 5.97 Å². The summed E-state index contributed by atoms with van der Waals surface area (Å²) in [6.45, 7) is -0.308. The topological polar surface area (TPSA) is 80.9 Å². The van der Waals surface area contributed by atoms with E-state index in [9.17, 15) is 9.59 Å². The molecule has 6 nitrogen and oxygen atoms in total. The van der Waals surface area contributed by atoms with Crippen LogP contribution >= 0.6 is 11.3 Å². The van der Waals surface area contributed by atoms with Gasteiger partial charge in [-0.25, -0.2) is 9.78 Å². The maximum Gasteiger partial charge on any atom is 0.349 e. The van der Waals surface area contributed by atoms with Crippen molar-refractivity contribution in [2.75, 3.05) is 7.11 Å². The number of carbonyl (C=O) groups excluding carboxylic acids is 1. The molecule has 1 N–H and O–H groups in total. The second kappa shape index (κ2) is 4.03. The zero-order valence-electron chi connectivity index (χ0n) is 8.34. The molecule has 2 rings (SSSR count). The van der Waals surface area contributed by atoms with Gasteiger partial charge in [0.2, 0.25) is 0 Å². The molecule has 0 atom stereocenters. The number of aromatic nitrogens is 2. The number of fused-ring (bicyclic) bond motifs is 1. The van der Waals surface area contributed by atoms with Crippen LogP contribution in [-0.2, 0) is 11.3 Å². The predicted molar refractivity (Wildman–Crippen MR) is 56.6 cm³/mol. The summed E-state index contributed by atoms with van der Waals surface area (Å²) in [5.74, 6) is -0.513. The van der Waals surface area contributed by atoms with Gasteiger partial charge in [0.1, 0.15) is 4.88 Å². The minimum atomic E-state index is -0.513. The molecule has 0 aliphatic carbocycles. The number of methoxy groups -OCH3 is 1. The van der Waals surface area contributed by atoms with Crippen LogP contribution in [0.2, 0.25) is 0 Å². The Kier molecular flexibility index (Phi) is 2.71. The number of thiazole rings is 1. The molecular weight excluding hydrogens is 232 g/mol. The third kappa shape index (κ3) is 1.70. The first-order chi connectivity index (χ1) is 7.65. The summed E-state index contributed by atoms with van der Waals surface area (Å²) in [4.78, 5) is 27.5. The molecule has 2 heterocycles. The molecule has 84 valence electrons. The third-order valence-corrected chi connectivity index (χ3v) is 2.93. The van der Waals surface area contributed by atoms with Crippen LogP contribution in [0.3, 0.4) is 0 Å². The molecule has 0 aromatic carbocycles. The van der Waals surface area contributed by atoms with Crippen molar-refractivity contribution in [3.8, 4) is 0 Å². The average Bonchev–Trinajstić information content (AvgIpc) is 2.72. The van der Waals surface area contributed by atoms with E-state index in [0.29, 0.717) is 9.84 Å². The largest absolute Gasteiger partial charge is 0.465 e. The SMILES string of the molecule is COC(=O)c1cn2c(=O)cc(CO)nc2s1. The molecule has 0 aliphatic heterocycles. The van der Waals surface area contributed by atoms with Crippen LogP contribution < -0.4 is 5.56 Å². The highest BCUT2D eigenvalue weighted by Gasteiger charge is 2.12. The first-order valence-corrected chi connectivity index (χ1v) is 5.18. The summed E-state index contributed by atoms with van der Waals surface area (Å²) in [6.07, 6.45) is 1.38. The maximum atomic E-state index is 11.5.